The van der Waals surface area contributed by atoms with Crippen LogP contribution in [0.5, 0.6) is 0 Å². The van der Waals surface area contributed by atoms with Gasteiger partial charge in [0.15, 0.2) is 0 Å². The lowest BCUT2D eigenvalue weighted by atomic mass is 10.2. The first-order chi connectivity index (χ1) is 8.11. The van der Waals surface area contributed by atoms with Crippen LogP contribution in [-0.2, 0) is 4.79 Å². The fraction of sp³-hybridized carbons (Fsp3) is 0.167. The normalized spacial score (nSPS) is 18.2. The molecule has 0 atom stereocenters. The van der Waals surface area contributed by atoms with E-state index in [1.807, 2.05) is 36.6 Å². The number of thiocarbonyl (C=S) groups is 1. The van der Waals surface area contributed by atoms with Gasteiger partial charge >= 0.3 is 0 Å². The maximum atomic E-state index is 11.8. The van der Waals surface area contributed by atoms with E-state index in [0.717, 1.165) is 5.56 Å². The first kappa shape index (κ1) is 12.7. The molecule has 1 amide bonds. The smallest absolute Gasteiger partial charge is 0.265 e. The number of nitrogens with zero attached hydrogens (tertiary/aromatic N) is 1. The molecule has 0 aliphatic carbocycles. The van der Waals surface area contributed by atoms with Crippen LogP contribution in [0.4, 0.5) is 0 Å². The van der Waals surface area contributed by atoms with Gasteiger partial charge in [-0.15, -0.1) is 11.8 Å². The fourth-order valence-corrected chi connectivity index (χ4v) is 2.98. The predicted molar refractivity (Wildman–Crippen MR) is 79.2 cm³/mol. The molecule has 0 spiro atoms. The van der Waals surface area contributed by atoms with E-state index in [4.69, 9.17) is 12.2 Å². The van der Waals surface area contributed by atoms with Crippen molar-refractivity contribution in [3.63, 3.8) is 0 Å². The zero-order valence-corrected chi connectivity index (χ0v) is 11.9. The Morgan fingerprint density at radius 1 is 1.35 bits per heavy atom. The molecule has 1 aromatic carbocycles. The highest BCUT2D eigenvalue weighted by Gasteiger charge is 2.28. The molecule has 1 aromatic rings. The van der Waals surface area contributed by atoms with Crippen LogP contribution in [0, 0.1) is 0 Å². The maximum Gasteiger partial charge on any atom is 0.265 e. The topological polar surface area (TPSA) is 20.3 Å². The second-order valence-corrected chi connectivity index (χ2v) is 6.07. The number of carbonyl (C=O) groups is 1. The van der Waals surface area contributed by atoms with Crippen LogP contribution in [0.25, 0.3) is 6.08 Å². The van der Waals surface area contributed by atoms with Crippen molar-refractivity contribution in [2.24, 2.45) is 0 Å². The third-order valence-electron chi connectivity index (χ3n) is 2.40. The lowest BCUT2D eigenvalue weighted by Crippen LogP contribution is -2.22. The van der Waals surface area contributed by atoms with E-state index in [1.165, 1.54) is 21.6 Å². The van der Waals surface area contributed by atoms with Gasteiger partial charge in [-0.2, -0.15) is 0 Å². The molecule has 0 N–H and O–H groups in total. The molecule has 2 rings (SSSR count). The molecule has 0 radical (unpaired) electrons. The standard InChI is InChI=1S/C12H11NOS3/c1-13-11(14)10(17-12(13)15)7-8-3-5-9(16-2)6-4-8/h3-7H,1-2H3/b10-7+. The molecule has 1 aliphatic heterocycles. The van der Waals surface area contributed by atoms with E-state index in [1.54, 1.807) is 18.8 Å². The predicted octanol–water partition coefficient (Wildman–Crippen LogP) is 3.24. The third-order valence-corrected chi connectivity index (χ3v) is 4.63. The number of hydrogen-bond donors (Lipinski definition) is 0. The quantitative estimate of drug-likeness (QED) is 0.471. The minimum atomic E-state index is -0.0195. The van der Waals surface area contributed by atoms with Gasteiger partial charge in [-0.1, -0.05) is 36.1 Å². The van der Waals surface area contributed by atoms with Gasteiger partial charge in [-0.25, -0.2) is 0 Å². The summed E-state index contributed by atoms with van der Waals surface area (Å²) < 4.78 is 0.613. The number of carbonyl (C=O) groups excluding carboxylic acids is 1. The number of rotatable bonds is 2. The summed E-state index contributed by atoms with van der Waals surface area (Å²) in [6.07, 6.45) is 3.92. The van der Waals surface area contributed by atoms with Crippen molar-refractivity contribution in [1.82, 2.24) is 4.90 Å². The minimum Gasteiger partial charge on any atom is -0.296 e. The highest BCUT2D eigenvalue weighted by atomic mass is 32.2. The van der Waals surface area contributed by atoms with Crippen molar-refractivity contribution in [2.45, 2.75) is 4.90 Å². The summed E-state index contributed by atoms with van der Waals surface area (Å²) in [6.45, 7) is 0. The van der Waals surface area contributed by atoms with Crippen LogP contribution >= 0.6 is 35.7 Å². The SMILES string of the molecule is CSc1ccc(/C=C2/SC(=S)N(C)C2=O)cc1. The number of thioether (sulfide) groups is 2. The van der Waals surface area contributed by atoms with E-state index in [2.05, 4.69) is 0 Å². The second-order valence-electron chi connectivity index (χ2n) is 3.51. The molecule has 1 saturated heterocycles. The lowest BCUT2D eigenvalue weighted by Gasteiger charge is -2.03. The van der Waals surface area contributed by atoms with Crippen LogP contribution in [0.2, 0.25) is 0 Å². The summed E-state index contributed by atoms with van der Waals surface area (Å²) in [4.78, 5) is 15.2. The highest BCUT2D eigenvalue weighted by Crippen LogP contribution is 2.31. The van der Waals surface area contributed by atoms with Crippen molar-refractivity contribution >= 4 is 52.0 Å². The monoisotopic (exact) mass is 281 g/mol. The highest BCUT2D eigenvalue weighted by molar-refractivity contribution is 8.26. The average molecular weight is 281 g/mol. The van der Waals surface area contributed by atoms with Crippen LogP contribution in [-0.4, -0.2) is 28.4 Å². The molecule has 1 aliphatic rings. The molecule has 17 heavy (non-hydrogen) atoms. The molecule has 0 aromatic heterocycles. The fourth-order valence-electron chi connectivity index (χ4n) is 1.40. The Kier molecular flexibility index (Phi) is 3.91. The van der Waals surface area contributed by atoms with Crippen molar-refractivity contribution in [3.8, 4) is 0 Å². The summed E-state index contributed by atoms with van der Waals surface area (Å²) >= 11 is 8.13. The summed E-state index contributed by atoms with van der Waals surface area (Å²) in [6, 6.07) is 8.11. The third kappa shape index (κ3) is 2.73. The number of hydrogen-bond acceptors (Lipinski definition) is 4. The Morgan fingerprint density at radius 3 is 2.47 bits per heavy atom. The molecule has 0 unspecified atom stereocenters. The maximum absolute atomic E-state index is 11.8. The summed E-state index contributed by atoms with van der Waals surface area (Å²) in [5, 5.41) is 0. The molecule has 0 bridgehead atoms. The molecule has 1 heterocycles. The van der Waals surface area contributed by atoms with Crippen molar-refractivity contribution in [3.05, 3.63) is 34.7 Å². The molecule has 1 fully saturated rings. The van der Waals surface area contributed by atoms with E-state index in [-0.39, 0.29) is 5.91 Å². The number of benzene rings is 1. The van der Waals surface area contributed by atoms with Crippen molar-refractivity contribution in [1.29, 1.82) is 0 Å². The van der Waals surface area contributed by atoms with Crippen LogP contribution in [0.1, 0.15) is 5.56 Å². The second kappa shape index (κ2) is 5.25. The number of amides is 1. The Bertz CT molecular complexity index is 493. The van der Waals surface area contributed by atoms with Crippen LogP contribution < -0.4 is 0 Å². The molecular weight excluding hydrogens is 270 g/mol. The Morgan fingerprint density at radius 2 is 2.00 bits per heavy atom. The summed E-state index contributed by atoms with van der Waals surface area (Å²) in [5.41, 5.74) is 1.02. The lowest BCUT2D eigenvalue weighted by molar-refractivity contribution is -0.121. The van der Waals surface area contributed by atoms with Gasteiger partial charge in [-0.3, -0.25) is 9.69 Å². The summed E-state index contributed by atoms with van der Waals surface area (Å²) in [7, 11) is 1.70. The van der Waals surface area contributed by atoms with E-state index in [9.17, 15) is 4.79 Å². The zero-order chi connectivity index (χ0) is 12.4. The Labute approximate surface area is 114 Å². The van der Waals surface area contributed by atoms with E-state index in [0.29, 0.717) is 9.23 Å². The summed E-state index contributed by atoms with van der Waals surface area (Å²) in [5.74, 6) is -0.0195. The van der Waals surface area contributed by atoms with Crippen molar-refractivity contribution in [2.75, 3.05) is 13.3 Å². The first-order valence-corrected chi connectivity index (χ1v) is 7.42. The van der Waals surface area contributed by atoms with Crippen molar-refractivity contribution < 1.29 is 4.79 Å². The van der Waals surface area contributed by atoms with Crippen LogP contribution in [0.15, 0.2) is 34.1 Å². The van der Waals surface area contributed by atoms with Gasteiger partial charge in [0.05, 0.1) is 4.91 Å². The minimum absolute atomic E-state index is 0.0195. The van der Waals surface area contributed by atoms with E-state index >= 15 is 0 Å². The van der Waals surface area contributed by atoms with Gasteiger partial charge < -0.3 is 0 Å². The van der Waals surface area contributed by atoms with Gasteiger partial charge in [0, 0.05) is 11.9 Å². The Balaban J connectivity index is 2.24. The van der Waals surface area contributed by atoms with Gasteiger partial charge in [-0.05, 0) is 30.0 Å². The molecule has 88 valence electrons. The Hall–Kier alpha value is -0.780. The molecule has 2 nitrogen and oxygen atoms in total. The average Bonchev–Trinajstić information content (AvgIpc) is 2.58. The van der Waals surface area contributed by atoms with Gasteiger partial charge in [0.25, 0.3) is 5.91 Å². The molecular formula is C12H11NOS3. The van der Waals surface area contributed by atoms with E-state index < -0.39 is 0 Å². The number of likely N-dealkylation sites (N-methyl/N-ethyl adjacent to an activating group) is 1. The van der Waals surface area contributed by atoms with Gasteiger partial charge in [0.1, 0.15) is 4.32 Å². The molecule has 5 heteroatoms. The first-order valence-electron chi connectivity index (χ1n) is 4.97. The van der Waals surface area contributed by atoms with Crippen LogP contribution in [0.3, 0.4) is 0 Å². The van der Waals surface area contributed by atoms with Gasteiger partial charge in [0.2, 0.25) is 0 Å². The molecule has 0 saturated carbocycles. The zero-order valence-electron chi connectivity index (χ0n) is 9.47. The largest absolute Gasteiger partial charge is 0.296 e.